The summed E-state index contributed by atoms with van der Waals surface area (Å²) in [6, 6.07) is 14.5. The van der Waals surface area contributed by atoms with Crippen LogP contribution in [0.25, 0.3) is 11.4 Å². The van der Waals surface area contributed by atoms with Gasteiger partial charge in [0.2, 0.25) is 21.7 Å². The van der Waals surface area contributed by atoms with Crippen LogP contribution in [0.3, 0.4) is 0 Å². The van der Waals surface area contributed by atoms with Crippen LogP contribution >= 0.6 is 11.6 Å². The number of rotatable bonds is 6. The summed E-state index contributed by atoms with van der Waals surface area (Å²) in [5, 5.41) is 4.34. The number of hydrogen-bond donors (Lipinski definition) is 0. The van der Waals surface area contributed by atoms with Crippen LogP contribution in [0, 0.1) is 6.92 Å². The minimum absolute atomic E-state index is 0.00829. The van der Waals surface area contributed by atoms with Gasteiger partial charge in [0.25, 0.3) is 0 Å². The number of aryl methyl sites for hydroxylation is 1. The van der Waals surface area contributed by atoms with Gasteiger partial charge in [-0.05, 0) is 18.6 Å². The zero-order chi connectivity index (χ0) is 18.7. The topological polar surface area (TPSA) is 76.3 Å². The van der Waals surface area contributed by atoms with Gasteiger partial charge in [-0.15, -0.1) is 0 Å². The SMILES string of the molecule is Cc1ccc(-c2noc(CN(C)S(=O)(=O)Cc3ccccc3Cl)n2)cc1. The van der Waals surface area contributed by atoms with Crippen molar-refractivity contribution in [2.75, 3.05) is 7.05 Å². The minimum atomic E-state index is -3.57. The Kier molecular flexibility index (Phi) is 5.41. The highest BCUT2D eigenvalue weighted by Gasteiger charge is 2.22. The van der Waals surface area contributed by atoms with E-state index in [4.69, 9.17) is 16.1 Å². The maximum absolute atomic E-state index is 12.5. The first kappa shape index (κ1) is 18.6. The first-order valence-electron chi connectivity index (χ1n) is 7.92. The van der Waals surface area contributed by atoms with Crippen molar-refractivity contribution in [2.24, 2.45) is 0 Å². The number of sulfonamides is 1. The number of hydrogen-bond acceptors (Lipinski definition) is 5. The smallest absolute Gasteiger partial charge is 0.242 e. The van der Waals surface area contributed by atoms with Crippen molar-refractivity contribution in [3.8, 4) is 11.4 Å². The van der Waals surface area contributed by atoms with E-state index < -0.39 is 10.0 Å². The van der Waals surface area contributed by atoms with E-state index >= 15 is 0 Å². The molecule has 0 amide bonds. The lowest BCUT2D eigenvalue weighted by Crippen LogP contribution is -2.28. The molecule has 1 aromatic heterocycles. The van der Waals surface area contributed by atoms with E-state index in [0.29, 0.717) is 16.4 Å². The normalized spacial score (nSPS) is 11.8. The monoisotopic (exact) mass is 391 g/mol. The van der Waals surface area contributed by atoms with Gasteiger partial charge in [-0.25, -0.2) is 8.42 Å². The first-order valence-corrected chi connectivity index (χ1v) is 9.91. The Morgan fingerprint density at radius 1 is 1.12 bits per heavy atom. The predicted molar refractivity (Wildman–Crippen MR) is 100 cm³/mol. The minimum Gasteiger partial charge on any atom is -0.338 e. The summed E-state index contributed by atoms with van der Waals surface area (Å²) < 4.78 is 31.5. The Hall–Kier alpha value is -2.22. The molecule has 0 fully saturated rings. The van der Waals surface area contributed by atoms with Gasteiger partial charge in [0.15, 0.2) is 0 Å². The fourth-order valence-electron chi connectivity index (χ4n) is 2.35. The number of aromatic nitrogens is 2. The van der Waals surface area contributed by atoms with Crippen LogP contribution in [0.4, 0.5) is 0 Å². The Morgan fingerprint density at radius 3 is 2.50 bits per heavy atom. The molecule has 2 aromatic carbocycles. The summed E-state index contributed by atoms with van der Waals surface area (Å²) in [4.78, 5) is 4.28. The Labute approximate surface area is 157 Å². The van der Waals surface area contributed by atoms with Gasteiger partial charge in [-0.2, -0.15) is 9.29 Å². The summed E-state index contributed by atoms with van der Waals surface area (Å²) in [5.74, 6) is 0.463. The van der Waals surface area contributed by atoms with Crippen LogP contribution in [0.5, 0.6) is 0 Å². The van der Waals surface area contributed by atoms with E-state index in [0.717, 1.165) is 11.1 Å². The van der Waals surface area contributed by atoms with Gasteiger partial charge < -0.3 is 4.52 Å². The summed E-state index contributed by atoms with van der Waals surface area (Å²) in [5.41, 5.74) is 2.49. The average Bonchev–Trinajstić information content (AvgIpc) is 3.06. The van der Waals surface area contributed by atoms with Gasteiger partial charge in [-0.3, -0.25) is 0 Å². The highest BCUT2D eigenvalue weighted by molar-refractivity contribution is 7.88. The molecular weight excluding hydrogens is 374 g/mol. The lowest BCUT2D eigenvalue weighted by atomic mass is 10.1. The fraction of sp³-hybridized carbons (Fsp3) is 0.222. The standard InChI is InChI=1S/C18H18ClN3O3S/c1-13-7-9-14(10-8-13)18-20-17(25-21-18)11-22(2)26(23,24)12-15-5-3-4-6-16(15)19/h3-10H,11-12H2,1-2H3. The fourth-order valence-corrected chi connectivity index (χ4v) is 3.80. The van der Waals surface area contributed by atoms with Crippen LogP contribution in [-0.4, -0.2) is 29.9 Å². The van der Waals surface area contributed by atoms with Gasteiger partial charge in [0.05, 0.1) is 12.3 Å². The van der Waals surface area contributed by atoms with Crippen molar-refractivity contribution in [1.29, 1.82) is 0 Å². The highest BCUT2D eigenvalue weighted by atomic mass is 35.5. The van der Waals surface area contributed by atoms with Crippen molar-refractivity contribution < 1.29 is 12.9 Å². The van der Waals surface area contributed by atoms with Gasteiger partial charge in [0, 0.05) is 17.6 Å². The van der Waals surface area contributed by atoms with Crippen molar-refractivity contribution in [2.45, 2.75) is 19.2 Å². The summed E-state index contributed by atoms with van der Waals surface area (Å²) in [7, 11) is -2.10. The Balaban J connectivity index is 1.72. The summed E-state index contributed by atoms with van der Waals surface area (Å²) >= 11 is 6.05. The molecule has 0 aliphatic carbocycles. The molecule has 0 N–H and O–H groups in total. The van der Waals surface area contributed by atoms with Crippen molar-refractivity contribution in [3.63, 3.8) is 0 Å². The molecule has 0 spiro atoms. The van der Waals surface area contributed by atoms with Crippen LogP contribution < -0.4 is 0 Å². The molecule has 0 aliphatic rings. The number of halogens is 1. The van der Waals surface area contributed by atoms with Crippen molar-refractivity contribution in [3.05, 3.63) is 70.6 Å². The van der Waals surface area contributed by atoms with Crippen molar-refractivity contribution in [1.82, 2.24) is 14.4 Å². The zero-order valence-corrected chi connectivity index (χ0v) is 16.0. The molecule has 0 aliphatic heterocycles. The third kappa shape index (κ3) is 4.30. The second kappa shape index (κ2) is 7.57. The Morgan fingerprint density at radius 2 is 1.81 bits per heavy atom. The molecule has 0 unspecified atom stereocenters. The second-order valence-electron chi connectivity index (χ2n) is 5.98. The molecule has 0 bridgehead atoms. The largest absolute Gasteiger partial charge is 0.338 e. The first-order chi connectivity index (χ1) is 12.3. The molecule has 0 saturated heterocycles. The van der Waals surface area contributed by atoms with Crippen LogP contribution in [0.1, 0.15) is 17.0 Å². The average molecular weight is 392 g/mol. The number of nitrogens with zero attached hydrogens (tertiary/aromatic N) is 3. The molecule has 136 valence electrons. The lowest BCUT2D eigenvalue weighted by molar-refractivity contribution is 0.336. The van der Waals surface area contributed by atoms with Gasteiger partial charge >= 0.3 is 0 Å². The Bertz CT molecular complexity index is 1000. The van der Waals surface area contributed by atoms with E-state index in [1.165, 1.54) is 11.4 Å². The maximum atomic E-state index is 12.5. The zero-order valence-electron chi connectivity index (χ0n) is 14.4. The van der Waals surface area contributed by atoms with E-state index in [1.54, 1.807) is 24.3 Å². The number of benzene rings is 2. The molecule has 26 heavy (non-hydrogen) atoms. The highest BCUT2D eigenvalue weighted by Crippen LogP contribution is 2.21. The van der Waals surface area contributed by atoms with Crippen LogP contribution in [0.2, 0.25) is 5.02 Å². The van der Waals surface area contributed by atoms with Gasteiger partial charge in [0.1, 0.15) is 0 Å². The van der Waals surface area contributed by atoms with Gasteiger partial charge in [-0.1, -0.05) is 64.8 Å². The van der Waals surface area contributed by atoms with E-state index in [-0.39, 0.29) is 18.2 Å². The quantitative estimate of drug-likeness (QED) is 0.640. The molecule has 0 atom stereocenters. The van der Waals surface area contributed by atoms with E-state index in [1.807, 2.05) is 31.2 Å². The van der Waals surface area contributed by atoms with E-state index in [2.05, 4.69) is 10.1 Å². The molecule has 0 radical (unpaired) electrons. The third-order valence-electron chi connectivity index (χ3n) is 3.91. The maximum Gasteiger partial charge on any atom is 0.242 e. The molecule has 3 aromatic rings. The lowest BCUT2D eigenvalue weighted by Gasteiger charge is -2.15. The second-order valence-corrected chi connectivity index (χ2v) is 8.46. The molecule has 1 heterocycles. The molecule has 3 rings (SSSR count). The van der Waals surface area contributed by atoms with Crippen LogP contribution in [0.15, 0.2) is 53.1 Å². The molecule has 6 nitrogen and oxygen atoms in total. The predicted octanol–water partition coefficient (Wildman–Crippen LogP) is 3.66. The molecule has 0 saturated carbocycles. The summed E-state index contributed by atoms with van der Waals surface area (Å²) in [6.45, 7) is 1.98. The molecule has 8 heteroatoms. The van der Waals surface area contributed by atoms with Crippen molar-refractivity contribution >= 4 is 21.6 Å². The summed E-state index contributed by atoms with van der Waals surface area (Å²) in [6.07, 6.45) is 0. The molecular formula is C18H18ClN3O3S. The van der Waals surface area contributed by atoms with Crippen LogP contribution in [-0.2, 0) is 22.3 Å². The third-order valence-corrected chi connectivity index (χ3v) is 6.03. The van der Waals surface area contributed by atoms with E-state index in [9.17, 15) is 8.42 Å².